The Bertz CT molecular complexity index is 508. The molecule has 0 aliphatic heterocycles. The molecule has 0 amide bonds. The van der Waals surface area contributed by atoms with Crippen LogP contribution in [-0.2, 0) is 6.61 Å². The van der Waals surface area contributed by atoms with Crippen LogP contribution in [0.2, 0.25) is 0 Å². The molecule has 2 rings (SSSR count). The molecule has 0 aromatic heterocycles. The largest absolute Gasteiger partial charge is 0.508 e. The van der Waals surface area contributed by atoms with Gasteiger partial charge in [-0.2, -0.15) is 0 Å². The number of phenolic OH excluding ortho intramolecular Hbond substituents is 1. The summed E-state index contributed by atoms with van der Waals surface area (Å²) < 4.78 is 6.47. The van der Waals surface area contributed by atoms with Crippen LogP contribution in [0.4, 0.5) is 5.69 Å². The number of benzene rings is 2. The van der Waals surface area contributed by atoms with Gasteiger partial charge in [0.1, 0.15) is 18.1 Å². The summed E-state index contributed by atoms with van der Waals surface area (Å²) in [5, 5.41) is 9.32. The zero-order valence-electron chi connectivity index (χ0n) is 9.06. The van der Waals surface area contributed by atoms with Crippen LogP contribution in [0.3, 0.4) is 0 Å². The van der Waals surface area contributed by atoms with Crippen LogP contribution in [-0.4, -0.2) is 5.11 Å². The van der Waals surface area contributed by atoms with E-state index in [1.165, 1.54) is 0 Å². The number of hydrogen-bond donors (Lipinski definition) is 2. The second-order valence-corrected chi connectivity index (χ2v) is 4.59. The minimum Gasteiger partial charge on any atom is -0.508 e. The Balaban J connectivity index is 2.07. The van der Waals surface area contributed by atoms with E-state index in [9.17, 15) is 5.11 Å². The van der Waals surface area contributed by atoms with E-state index in [-0.39, 0.29) is 5.75 Å². The molecular weight excluding hydrogens is 282 g/mol. The van der Waals surface area contributed by atoms with Crippen molar-refractivity contribution >= 4 is 21.6 Å². The maximum atomic E-state index is 9.32. The van der Waals surface area contributed by atoms with Gasteiger partial charge in [0, 0.05) is 16.2 Å². The fourth-order valence-corrected chi connectivity index (χ4v) is 1.97. The number of nitrogens with two attached hydrogens (primary N) is 1. The van der Waals surface area contributed by atoms with Gasteiger partial charge in [0.15, 0.2) is 0 Å². The van der Waals surface area contributed by atoms with E-state index in [2.05, 4.69) is 15.9 Å². The summed E-state index contributed by atoms with van der Waals surface area (Å²) in [5.41, 5.74) is 7.25. The van der Waals surface area contributed by atoms with Crippen molar-refractivity contribution in [3.63, 3.8) is 0 Å². The smallest absolute Gasteiger partial charge is 0.122 e. The maximum Gasteiger partial charge on any atom is 0.122 e. The molecule has 0 heterocycles. The highest BCUT2D eigenvalue weighted by atomic mass is 79.9. The number of ether oxygens (including phenoxy) is 1. The van der Waals surface area contributed by atoms with Crippen LogP contribution in [0.5, 0.6) is 11.5 Å². The second-order valence-electron chi connectivity index (χ2n) is 3.68. The molecule has 88 valence electrons. The van der Waals surface area contributed by atoms with Crippen molar-refractivity contribution in [1.82, 2.24) is 0 Å². The molecule has 0 saturated heterocycles. The van der Waals surface area contributed by atoms with Gasteiger partial charge in [-0.3, -0.25) is 0 Å². The SMILES string of the molecule is Nc1cc(Br)cc(OCc2cccc(O)c2)c1. The number of halogens is 1. The zero-order valence-corrected chi connectivity index (χ0v) is 10.6. The van der Waals surface area contributed by atoms with Crippen LogP contribution in [0.15, 0.2) is 46.9 Å². The summed E-state index contributed by atoms with van der Waals surface area (Å²) >= 11 is 3.35. The van der Waals surface area contributed by atoms with Gasteiger partial charge in [0.05, 0.1) is 0 Å². The Kier molecular flexibility index (Phi) is 3.54. The number of nitrogen functional groups attached to an aromatic ring is 1. The van der Waals surface area contributed by atoms with Crippen molar-refractivity contribution in [2.45, 2.75) is 6.61 Å². The summed E-state index contributed by atoms with van der Waals surface area (Å²) in [5.74, 6) is 0.931. The maximum absolute atomic E-state index is 9.32. The van der Waals surface area contributed by atoms with E-state index < -0.39 is 0 Å². The first kappa shape index (κ1) is 11.8. The van der Waals surface area contributed by atoms with E-state index in [1.54, 1.807) is 30.3 Å². The Morgan fingerprint density at radius 3 is 2.71 bits per heavy atom. The Morgan fingerprint density at radius 1 is 1.18 bits per heavy atom. The Morgan fingerprint density at radius 2 is 2.00 bits per heavy atom. The van der Waals surface area contributed by atoms with Crippen LogP contribution in [0.1, 0.15) is 5.56 Å². The number of anilines is 1. The third-order valence-electron chi connectivity index (χ3n) is 2.21. The lowest BCUT2D eigenvalue weighted by molar-refractivity contribution is 0.305. The van der Waals surface area contributed by atoms with Crippen LogP contribution in [0.25, 0.3) is 0 Å². The quantitative estimate of drug-likeness (QED) is 0.854. The number of hydrogen-bond acceptors (Lipinski definition) is 3. The minimum atomic E-state index is 0.236. The first-order chi connectivity index (χ1) is 8.13. The van der Waals surface area contributed by atoms with E-state index in [0.29, 0.717) is 18.0 Å². The summed E-state index contributed by atoms with van der Waals surface area (Å²) in [6.45, 7) is 0.393. The molecule has 0 bridgehead atoms. The zero-order chi connectivity index (χ0) is 12.3. The van der Waals surface area contributed by atoms with Gasteiger partial charge in [0.2, 0.25) is 0 Å². The molecule has 0 fully saturated rings. The molecule has 0 saturated carbocycles. The molecular formula is C13H12BrNO2. The monoisotopic (exact) mass is 293 g/mol. The highest BCUT2D eigenvalue weighted by Gasteiger charge is 2.00. The van der Waals surface area contributed by atoms with Crippen molar-refractivity contribution in [3.8, 4) is 11.5 Å². The lowest BCUT2D eigenvalue weighted by atomic mass is 10.2. The molecule has 4 heteroatoms. The molecule has 3 N–H and O–H groups in total. The van der Waals surface area contributed by atoms with Crippen LogP contribution >= 0.6 is 15.9 Å². The van der Waals surface area contributed by atoms with Gasteiger partial charge in [-0.25, -0.2) is 0 Å². The van der Waals surface area contributed by atoms with Gasteiger partial charge in [-0.1, -0.05) is 28.1 Å². The van der Waals surface area contributed by atoms with Gasteiger partial charge in [-0.15, -0.1) is 0 Å². The number of rotatable bonds is 3. The normalized spacial score (nSPS) is 10.2. The molecule has 0 spiro atoms. The first-order valence-electron chi connectivity index (χ1n) is 5.10. The predicted molar refractivity (Wildman–Crippen MR) is 71.0 cm³/mol. The average Bonchev–Trinajstić information content (AvgIpc) is 2.25. The second kappa shape index (κ2) is 5.10. The van der Waals surface area contributed by atoms with Crippen molar-refractivity contribution in [1.29, 1.82) is 0 Å². The van der Waals surface area contributed by atoms with E-state index in [4.69, 9.17) is 10.5 Å². The summed E-state index contributed by atoms with van der Waals surface area (Å²) in [6, 6.07) is 12.4. The van der Waals surface area contributed by atoms with Crippen molar-refractivity contribution < 1.29 is 9.84 Å². The molecule has 0 unspecified atom stereocenters. The minimum absolute atomic E-state index is 0.236. The van der Waals surface area contributed by atoms with Crippen molar-refractivity contribution in [2.24, 2.45) is 0 Å². The fourth-order valence-electron chi connectivity index (χ4n) is 1.48. The number of phenols is 1. The van der Waals surface area contributed by atoms with E-state index >= 15 is 0 Å². The lowest BCUT2D eigenvalue weighted by Crippen LogP contribution is -1.96. The molecule has 0 aliphatic carbocycles. The summed E-state index contributed by atoms with van der Waals surface area (Å²) in [4.78, 5) is 0. The summed E-state index contributed by atoms with van der Waals surface area (Å²) in [7, 11) is 0. The summed E-state index contributed by atoms with van der Waals surface area (Å²) in [6.07, 6.45) is 0. The molecule has 17 heavy (non-hydrogen) atoms. The third kappa shape index (κ3) is 3.39. The number of aromatic hydroxyl groups is 1. The third-order valence-corrected chi connectivity index (χ3v) is 2.67. The highest BCUT2D eigenvalue weighted by molar-refractivity contribution is 9.10. The molecule has 2 aromatic rings. The lowest BCUT2D eigenvalue weighted by Gasteiger charge is -2.08. The topological polar surface area (TPSA) is 55.5 Å². The molecule has 0 aliphatic rings. The Hall–Kier alpha value is -1.68. The molecule has 0 atom stereocenters. The van der Waals surface area contributed by atoms with Crippen molar-refractivity contribution in [3.05, 3.63) is 52.5 Å². The Labute approximate surface area is 108 Å². The van der Waals surface area contributed by atoms with Crippen LogP contribution < -0.4 is 10.5 Å². The van der Waals surface area contributed by atoms with Gasteiger partial charge in [0.25, 0.3) is 0 Å². The molecule has 0 radical (unpaired) electrons. The standard InChI is InChI=1S/C13H12BrNO2/c14-10-5-11(15)7-13(6-10)17-8-9-2-1-3-12(16)4-9/h1-7,16H,8,15H2. The highest BCUT2D eigenvalue weighted by Crippen LogP contribution is 2.23. The molecule has 3 nitrogen and oxygen atoms in total. The predicted octanol–water partition coefficient (Wildman–Crippen LogP) is 3.32. The molecule has 2 aromatic carbocycles. The van der Waals surface area contributed by atoms with E-state index in [1.807, 2.05) is 12.1 Å². The van der Waals surface area contributed by atoms with Crippen LogP contribution in [0, 0.1) is 0 Å². The van der Waals surface area contributed by atoms with Crippen molar-refractivity contribution in [2.75, 3.05) is 5.73 Å². The average molecular weight is 294 g/mol. The van der Waals surface area contributed by atoms with Gasteiger partial charge < -0.3 is 15.6 Å². The van der Waals surface area contributed by atoms with Gasteiger partial charge in [-0.05, 0) is 29.8 Å². The fraction of sp³-hybridized carbons (Fsp3) is 0.0769. The van der Waals surface area contributed by atoms with Gasteiger partial charge >= 0.3 is 0 Å². The first-order valence-corrected chi connectivity index (χ1v) is 5.89. The van der Waals surface area contributed by atoms with E-state index in [0.717, 1.165) is 10.0 Å².